The summed E-state index contributed by atoms with van der Waals surface area (Å²) in [5.41, 5.74) is 2.51. The number of sulfonamides is 1. The molecule has 0 unspecified atom stereocenters. The Hall–Kier alpha value is -2.91. The molecule has 170 valence electrons. The largest absolute Gasteiger partial charge is 0.371 e. The van der Waals surface area contributed by atoms with Crippen LogP contribution in [0.15, 0.2) is 53.4 Å². The molecule has 0 aromatic heterocycles. The van der Waals surface area contributed by atoms with Crippen LogP contribution in [-0.2, 0) is 21.4 Å². The molecular weight excluding hydrogens is 428 g/mol. The Morgan fingerprint density at radius 1 is 1.06 bits per heavy atom. The van der Waals surface area contributed by atoms with Crippen molar-refractivity contribution in [2.24, 2.45) is 0 Å². The maximum absolute atomic E-state index is 13.1. The fraction of sp³-hybridized carbons (Fsp3) is 0.391. The van der Waals surface area contributed by atoms with E-state index in [1.807, 2.05) is 18.2 Å². The zero-order valence-electron chi connectivity index (χ0n) is 18.2. The van der Waals surface area contributed by atoms with E-state index in [4.69, 9.17) is 0 Å². The van der Waals surface area contributed by atoms with E-state index in [1.165, 1.54) is 25.0 Å². The number of nitrogens with zero attached hydrogens (tertiary/aromatic N) is 3. The SMILES string of the molecule is CN(Cc1ccccc1N1CCCC1)C(=O)c1cccc(S(=O)(=O)N2CCNC(=O)C2)c1. The van der Waals surface area contributed by atoms with Crippen molar-refractivity contribution in [3.63, 3.8) is 0 Å². The third kappa shape index (κ3) is 4.63. The Bertz CT molecular complexity index is 1110. The number of para-hydroxylation sites is 1. The lowest BCUT2D eigenvalue weighted by Gasteiger charge is -2.26. The summed E-state index contributed by atoms with van der Waals surface area (Å²) < 4.78 is 27.1. The van der Waals surface area contributed by atoms with Gasteiger partial charge in [-0.2, -0.15) is 4.31 Å². The van der Waals surface area contributed by atoms with Crippen LogP contribution in [0, 0.1) is 0 Å². The van der Waals surface area contributed by atoms with Gasteiger partial charge in [0.15, 0.2) is 0 Å². The number of hydrogen-bond acceptors (Lipinski definition) is 5. The highest BCUT2D eigenvalue weighted by Gasteiger charge is 2.30. The predicted molar refractivity (Wildman–Crippen MR) is 122 cm³/mol. The van der Waals surface area contributed by atoms with Crippen LogP contribution in [-0.4, -0.2) is 69.2 Å². The summed E-state index contributed by atoms with van der Waals surface area (Å²) in [6, 6.07) is 14.1. The summed E-state index contributed by atoms with van der Waals surface area (Å²) >= 11 is 0. The van der Waals surface area contributed by atoms with E-state index in [2.05, 4.69) is 16.3 Å². The van der Waals surface area contributed by atoms with E-state index in [0.29, 0.717) is 12.1 Å². The van der Waals surface area contributed by atoms with Crippen LogP contribution in [0.5, 0.6) is 0 Å². The summed E-state index contributed by atoms with van der Waals surface area (Å²) in [6.45, 7) is 2.73. The van der Waals surface area contributed by atoms with E-state index in [9.17, 15) is 18.0 Å². The number of rotatable bonds is 6. The summed E-state index contributed by atoms with van der Waals surface area (Å²) in [5, 5.41) is 2.62. The van der Waals surface area contributed by atoms with Crippen LogP contribution >= 0.6 is 0 Å². The molecule has 0 saturated carbocycles. The Balaban J connectivity index is 1.52. The highest BCUT2D eigenvalue weighted by Crippen LogP contribution is 2.26. The number of piperazine rings is 1. The van der Waals surface area contributed by atoms with Crippen LogP contribution in [0.25, 0.3) is 0 Å². The summed E-state index contributed by atoms with van der Waals surface area (Å²) in [6.07, 6.45) is 2.34. The Morgan fingerprint density at radius 3 is 2.56 bits per heavy atom. The van der Waals surface area contributed by atoms with Gasteiger partial charge in [0.2, 0.25) is 15.9 Å². The molecule has 2 fully saturated rings. The summed E-state index contributed by atoms with van der Waals surface area (Å²) in [7, 11) is -2.14. The lowest BCUT2D eigenvalue weighted by molar-refractivity contribution is -0.122. The second-order valence-electron chi connectivity index (χ2n) is 8.20. The fourth-order valence-electron chi connectivity index (χ4n) is 4.22. The van der Waals surface area contributed by atoms with E-state index < -0.39 is 10.0 Å². The minimum atomic E-state index is -3.86. The van der Waals surface area contributed by atoms with Crippen molar-refractivity contribution in [2.45, 2.75) is 24.3 Å². The van der Waals surface area contributed by atoms with Gasteiger partial charge in [-0.25, -0.2) is 8.42 Å². The van der Waals surface area contributed by atoms with Gasteiger partial charge in [0, 0.05) is 51.0 Å². The van der Waals surface area contributed by atoms with Gasteiger partial charge in [0.05, 0.1) is 11.4 Å². The molecule has 9 heteroatoms. The van der Waals surface area contributed by atoms with Gasteiger partial charge >= 0.3 is 0 Å². The van der Waals surface area contributed by atoms with Crippen molar-refractivity contribution < 1.29 is 18.0 Å². The molecular formula is C23H28N4O4S. The number of amides is 2. The predicted octanol–water partition coefficient (Wildman–Crippen LogP) is 1.68. The molecule has 2 saturated heterocycles. The second kappa shape index (κ2) is 9.30. The van der Waals surface area contributed by atoms with Crippen LogP contribution in [0.2, 0.25) is 0 Å². The number of carbonyl (C=O) groups excluding carboxylic acids is 2. The van der Waals surface area contributed by atoms with Crippen molar-refractivity contribution >= 4 is 27.5 Å². The molecule has 0 radical (unpaired) electrons. The zero-order valence-corrected chi connectivity index (χ0v) is 19.0. The number of carbonyl (C=O) groups is 2. The second-order valence-corrected chi connectivity index (χ2v) is 10.1. The van der Waals surface area contributed by atoms with Crippen molar-refractivity contribution in [1.29, 1.82) is 0 Å². The zero-order chi connectivity index (χ0) is 22.7. The molecule has 2 aliphatic heterocycles. The van der Waals surface area contributed by atoms with Crippen molar-refractivity contribution in [1.82, 2.24) is 14.5 Å². The van der Waals surface area contributed by atoms with Crippen molar-refractivity contribution in [2.75, 3.05) is 44.7 Å². The average Bonchev–Trinajstić information content (AvgIpc) is 3.34. The van der Waals surface area contributed by atoms with Crippen LogP contribution in [0.4, 0.5) is 5.69 Å². The van der Waals surface area contributed by atoms with Crippen LogP contribution in [0.3, 0.4) is 0 Å². The van der Waals surface area contributed by atoms with E-state index in [1.54, 1.807) is 24.1 Å². The van der Waals surface area contributed by atoms with Crippen molar-refractivity contribution in [3.8, 4) is 0 Å². The van der Waals surface area contributed by atoms with Gasteiger partial charge in [-0.3, -0.25) is 9.59 Å². The first-order chi connectivity index (χ1) is 15.4. The molecule has 4 rings (SSSR count). The third-order valence-electron chi connectivity index (χ3n) is 5.91. The minimum absolute atomic E-state index is 0.0175. The standard InChI is InChI=1S/C23H28N4O4S/c1-25(16-19-7-2-3-10-21(19)26-12-4-5-13-26)23(29)18-8-6-9-20(15-18)32(30,31)27-14-11-24-22(28)17-27/h2-3,6-10,15H,4-5,11-14,16-17H2,1H3,(H,24,28). The van der Waals surface area contributed by atoms with Gasteiger partial charge in [0.1, 0.15) is 0 Å². The lowest BCUT2D eigenvalue weighted by atomic mass is 10.1. The van der Waals surface area contributed by atoms with Gasteiger partial charge < -0.3 is 15.1 Å². The smallest absolute Gasteiger partial charge is 0.253 e. The van der Waals surface area contributed by atoms with E-state index >= 15 is 0 Å². The molecule has 0 atom stereocenters. The van der Waals surface area contributed by atoms with E-state index in [-0.39, 0.29) is 36.3 Å². The Labute approximate surface area is 188 Å². The molecule has 2 aromatic carbocycles. The van der Waals surface area contributed by atoms with Gasteiger partial charge in [0.25, 0.3) is 5.91 Å². The van der Waals surface area contributed by atoms with Crippen molar-refractivity contribution in [3.05, 3.63) is 59.7 Å². The lowest BCUT2D eigenvalue weighted by Crippen LogP contribution is -2.49. The third-order valence-corrected chi connectivity index (χ3v) is 7.76. The van der Waals surface area contributed by atoms with Gasteiger partial charge in [-0.15, -0.1) is 0 Å². The highest BCUT2D eigenvalue weighted by molar-refractivity contribution is 7.89. The maximum atomic E-state index is 13.1. The summed E-state index contributed by atoms with van der Waals surface area (Å²) in [5.74, 6) is -0.585. The van der Waals surface area contributed by atoms with E-state index in [0.717, 1.165) is 28.6 Å². The Morgan fingerprint density at radius 2 is 1.81 bits per heavy atom. The first-order valence-corrected chi connectivity index (χ1v) is 12.3. The molecule has 0 aliphatic carbocycles. The molecule has 2 amide bonds. The normalized spacial score (nSPS) is 17.3. The number of anilines is 1. The molecule has 2 aliphatic rings. The monoisotopic (exact) mass is 456 g/mol. The average molecular weight is 457 g/mol. The number of nitrogens with one attached hydrogen (secondary N) is 1. The Kier molecular flexibility index (Phi) is 6.48. The quantitative estimate of drug-likeness (QED) is 0.714. The van der Waals surface area contributed by atoms with Gasteiger partial charge in [-0.1, -0.05) is 24.3 Å². The first-order valence-electron chi connectivity index (χ1n) is 10.8. The molecule has 8 nitrogen and oxygen atoms in total. The summed E-state index contributed by atoms with van der Waals surface area (Å²) in [4.78, 5) is 28.7. The molecule has 32 heavy (non-hydrogen) atoms. The molecule has 1 N–H and O–H groups in total. The molecule has 0 spiro atoms. The maximum Gasteiger partial charge on any atom is 0.253 e. The van der Waals surface area contributed by atoms with Crippen LogP contribution < -0.4 is 10.2 Å². The first kappa shape index (κ1) is 22.3. The van der Waals surface area contributed by atoms with Crippen LogP contribution in [0.1, 0.15) is 28.8 Å². The highest BCUT2D eigenvalue weighted by atomic mass is 32.2. The number of benzene rings is 2. The molecule has 2 heterocycles. The minimum Gasteiger partial charge on any atom is -0.371 e. The molecule has 0 bridgehead atoms. The topological polar surface area (TPSA) is 90.0 Å². The fourth-order valence-corrected chi connectivity index (χ4v) is 5.66. The molecule has 2 aromatic rings. The van der Waals surface area contributed by atoms with Gasteiger partial charge in [-0.05, 0) is 42.7 Å². The number of hydrogen-bond donors (Lipinski definition) is 1.